The third-order valence-corrected chi connectivity index (χ3v) is 36.4. The minimum Gasteiger partial charge on any atom is -1.00 e. The molecule has 6 rings (SSSR count). The molecule has 0 saturated carbocycles. The van der Waals surface area contributed by atoms with Crippen LogP contribution in [0.1, 0.15) is 26.3 Å². The number of hydrogen-bond acceptors (Lipinski definition) is 0. The Bertz CT molecular complexity index is 1150. The zero-order valence-corrected chi connectivity index (χ0v) is 24.8. The minimum atomic E-state index is 0. The smallest absolute Gasteiger partial charge is 0.0370 e. The number of benzene rings is 2. The summed E-state index contributed by atoms with van der Waals surface area (Å²) in [6.45, 7) is 8.54. The van der Waals surface area contributed by atoms with Crippen LogP contribution in [0, 0.1) is 18.9 Å². The summed E-state index contributed by atoms with van der Waals surface area (Å²) in [5.74, 6) is 0.551. The summed E-state index contributed by atoms with van der Waals surface area (Å²) in [6.07, 6.45) is 5.52. The van der Waals surface area contributed by atoms with E-state index in [2.05, 4.69) is 88.4 Å². The molecule has 2 aliphatic heterocycles. The van der Waals surface area contributed by atoms with E-state index >= 15 is 0 Å². The van der Waals surface area contributed by atoms with Gasteiger partial charge in [0.1, 0.15) is 0 Å². The van der Waals surface area contributed by atoms with Gasteiger partial charge in [0.2, 0.25) is 0 Å². The molecule has 164 valence electrons. The molecule has 1 aliphatic carbocycles. The van der Waals surface area contributed by atoms with Crippen LogP contribution in [0.15, 0.2) is 65.8 Å². The van der Waals surface area contributed by atoms with Crippen molar-refractivity contribution in [2.75, 3.05) is 0 Å². The van der Waals surface area contributed by atoms with Crippen LogP contribution in [0.3, 0.4) is 0 Å². The molecule has 3 aromatic rings. The predicted octanol–water partition coefficient (Wildman–Crippen LogP) is 1.44. The zero-order valence-electron chi connectivity index (χ0n) is 18.9. The summed E-state index contributed by atoms with van der Waals surface area (Å²) in [6, 6.07) is 24.6. The van der Waals surface area contributed by atoms with Gasteiger partial charge in [0.15, 0.2) is 0 Å². The van der Waals surface area contributed by atoms with Gasteiger partial charge in [-0.15, -0.1) is 35.4 Å². The van der Waals surface area contributed by atoms with Crippen molar-refractivity contribution in [1.29, 1.82) is 0 Å². The molecule has 1 atom stereocenters. The minimum absolute atomic E-state index is 0. The number of hydrogen-bond donors (Lipinski definition) is 0. The number of aryl methyl sites for hydroxylation is 1. The molecule has 2 heterocycles. The molecule has 0 N–H and O–H groups in total. The van der Waals surface area contributed by atoms with E-state index in [1.54, 1.807) is 24.2 Å². The molecule has 0 spiro atoms. The summed E-state index contributed by atoms with van der Waals surface area (Å²) in [5.41, 5.74) is 5.12. The largest absolute Gasteiger partial charge is 1.00 e. The maximum absolute atomic E-state index is 3.29. The monoisotopic (exact) mass is 558 g/mol. The van der Waals surface area contributed by atoms with Gasteiger partial charge in [-0.25, -0.2) is 11.1 Å². The first kappa shape index (κ1) is 26.9. The van der Waals surface area contributed by atoms with Crippen LogP contribution in [-0.4, -0.2) is 10.9 Å². The summed E-state index contributed by atoms with van der Waals surface area (Å²) < 4.78 is 0. The van der Waals surface area contributed by atoms with Crippen molar-refractivity contribution in [3.8, 4) is 0 Å². The van der Waals surface area contributed by atoms with E-state index in [4.69, 9.17) is 0 Å². The molecule has 2 bridgehead atoms. The third-order valence-electron chi connectivity index (χ3n) is 6.11. The van der Waals surface area contributed by atoms with Crippen LogP contribution in [-0.2, 0) is 20.5 Å². The van der Waals surface area contributed by atoms with Gasteiger partial charge in [-0.05, 0) is 5.39 Å². The number of allylic oxidation sites excluding steroid dienone is 4. The van der Waals surface area contributed by atoms with Crippen molar-refractivity contribution in [3.63, 3.8) is 0 Å². The third kappa shape index (κ3) is 6.84. The Morgan fingerprint density at radius 2 is 1.55 bits per heavy atom. The van der Waals surface area contributed by atoms with Crippen molar-refractivity contribution in [1.82, 2.24) is 0 Å². The fourth-order valence-electron chi connectivity index (χ4n) is 4.46. The zero-order chi connectivity index (χ0) is 20.4. The second-order valence-corrected chi connectivity index (χ2v) is 29.9. The van der Waals surface area contributed by atoms with Gasteiger partial charge in [-0.1, -0.05) is 62.4 Å². The van der Waals surface area contributed by atoms with Gasteiger partial charge in [-0.2, -0.15) is 12.1 Å². The first-order valence-electron chi connectivity index (χ1n) is 10.8. The van der Waals surface area contributed by atoms with E-state index in [-0.39, 0.29) is 24.8 Å². The summed E-state index contributed by atoms with van der Waals surface area (Å²) in [7, 11) is 0. The molecule has 31 heavy (non-hydrogen) atoms. The quantitative estimate of drug-likeness (QED) is 0.289. The molecule has 5 heteroatoms. The van der Waals surface area contributed by atoms with Gasteiger partial charge in [-0.3, -0.25) is 6.08 Å². The summed E-state index contributed by atoms with van der Waals surface area (Å²) in [5, 5.41) is 5.41. The van der Waals surface area contributed by atoms with E-state index < -0.39 is 0 Å². The Hall–Kier alpha value is -0.313. The maximum Gasteiger partial charge on any atom is -0.0370 e. The molecular weight excluding hydrogens is 531 g/mol. The number of rotatable bonds is 0. The standard InChI is InChI=1S/C14H11.C8H11.C4H8Si2.2ClH.Zr/c1-10-8-12-7-6-11-4-2-3-5-13(11)14(12)9-10;1-6-4-7(2)8(3)5-6;1-2-6-4-3-5-1;;;/h2-9H,1H3;4,6H,1-3H3;1-4H2;2*1H;/q2*-1;;;;/p-2. The van der Waals surface area contributed by atoms with Gasteiger partial charge >= 0.3 is 55.5 Å². The SMILES string of the molecule is C1C[Si]2=[Zr]=[Si]1CC2.CC1=[C-]C(C)C=C1C.Cc1cc2c(ccc3ccccc32)[cH-]1.[Cl-].[Cl-]. The molecule has 0 amide bonds. The van der Waals surface area contributed by atoms with Gasteiger partial charge in [0.25, 0.3) is 0 Å². The van der Waals surface area contributed by atoms with E-state index in [9.17, 15) is 0 Å². The molecular formula is C26H30Cl2Si2Zr-4. The van der Waals surface area contributed by atoms with Gasteiger partial charge in [0.05, 0.1) is 0 Å². The van der Waals surface area contributed by atoms with E-state index in [1.165, 1.54) is 38.3 Å². The molecule has 3 aromatic carbocycles. The van der Waals surface area contributed by atoms with Crippen LogP contribution in [0.25, 0.3) is 21.5 Å². The molecule has 0 saturated heterocycles. The summed E-state index contributed by atoms with van der Waals surface area (Å²) in [4.78, 5) is 0. The normalized spacial score (nSPS) is 17.9. The first-order valence-corrected chi connectivity index (χ1v) is 22.0. The Balaban J connectivity index is 0.000000173. The van der Waals surface area contributed by atoms with Crippen molar-refractivity contribution >= 4 is 32.4 Å². The van der Waals surface area contributed by atoms with Crippen LogP contribution in [0.4, 0.5) is 0 Å². The second kappa shape index (κ2) is 12.2. The topological polar surface area (TPSA) is 0 Å². The van der Waals surface area contributed by atoms with Crippen molar-refractivity contribution in [3.05, 3.63) is 77.4 Å². The first-order chi connectivity index (χ1) is 14.0. The van der Waals surface area contributed by atoms with Crippen molar-refractivity contribution in [2.24, 2.45) is 5.92 Å². The van der Waals surface area contributed by atoms with Crippen molar-refractivity contribution in [2.45, 2.75) is 51.9 Å². The fourth-order valence-corrected chi connectivity index (χ4v) is 47.0. The average Bonchev–Trinajstić information content (AvgIpc) is 3.49. The van der Waals surface area contributed by atoms with Crippen LogP contribution < -0.4 is 24.8 Å². The fraction of sp³-hybridized carbons (Fsp3) is 0.346. The van der Waals surface area contributed by atoms with Crippen LogP contribution in [0.5, 0.6) is 0 Å². The van der Waals surface area contributed by atoms with Gasteiger partial charge in [0, 0.05) is 0 Å². The molecule has 0 fully saturated rings. The van der Waals surface area contributed by atoms with Gasteiger partial charge < -0.3 is 24.8 Å². The molecule has 0 nitrogen and oxygen atoms in total. The Kier molecular flexibility index (Phi) is 10.6. The molecule has 3 aliphatic rings. The second-order valence-electron chi connectivity index (χ2n) is 8.56. The van der Waals surface area contributed by atoms with Crippen LogP contribution in [0.2, 0.25) is 24.2 Å². The maximum atomic E-state index is 3.29. The molecule has 0 aromatic heterocycles. The average molecular weight is 561 g/mol. The Labute approximate surface area is 211 Å². The number of halogens is 2. The molecule has 1 unspecified atom stereocenters. The van der Waals surface area contributed by atoms with Crippen molar-refractivity contribution < 1.29 is 45.3 Å². The Morgan fingerprint density at radius 3 is 2.03 bits per heavy atom. The molecule has 0 radical (unpaired) electrons. The Morgan fingerprint density at radius 1 is 0.903 bits per heavy atom. The van der Waals surface area contributed by atoms with E-state index in [0.29, 0.717) is 37.3 Å². The van der Waals surface area contributed by atoms with Crippen LogP contribution >= 0.6 is 0 Å². The number of fused-ring (bicyclic) bond motifs is 3. The van der Waals surface area contributed by atoms with E-state index in [0.717, 1.165) is 0 Å². The summed E-state index contributed by atoms with van der Waals surface area (Å²) >= 11 is 0.465. The predicted molar refractivity (Wildman–Crippen MR) is 128 cm³/mol. The van der Waals surface area contributed by atoms with E-state index in [1.807, 2.05) is 0 Å².